The minimum Gasteiger partial charge on any atom is -0.393 e. The van der Waals surface area contributed by atoms with Crippen LogP contribution in [0.2, 0.25) is 0 Å². The van der Waals surface area contributed by atoms with Crippen LogP contribution in [0.25, 0.3) is 0 Å². The highest BCUT2D eigenvalue weighted by molar-refractivity contribution is 5.26. The Morgan fingerprint density at radius 2 is 1.79 bits per heavy atom. The van der Waals surface area contributed by atoms with Crippen molar-refractivity contribution in [2.45, 2.75) is 96.7 Å². The molecule has 4 fully saturated rings. The molecule has 4 aliphatic rings. The molecule has 3 aliphatic carbocycles. The number of likely N-dealkylation sites (tertiary alicyclic amines) is 1. The van der Waals surface area contributed by atoms with Crippen LogP contribution in [-0.4, -0.2) is 47.0 Å². The second kappa shape index (κ2) is 9.24. The highest BCUT2D eigenvalue weighted by atomic mass is 16.3. The summed E-state index contributed by atoms with van der Waals surface area (Å²) >= 11 is 0. The zero-order valence-corrected chi connectivity index (χ0v) is 18.8. The lowest BCUT2D eigenvalue weighted by atomic mass is 9.61. The van der Waals surface area contributed by atoms with E-state index in [0.717, 1.165) is 30.6 Å². The van der Waals surface area contributed by atoms with E-state index in [4.69, 9.17) is 0 Å². The van der Waals surface area contributed by atoms with Crippen molar-refractivity contribution in [3.63, 3.8) is 0 Å². The zero-order valence-electron chi connectivity index (χ0n) is 18.8. The molecule has 0 spiro atoms. The van der Waals surface area contributed by atoms with Gasteiger partial charge in [-0.05, 0) is 113 Å². The molecule has 3 saturated carbocycles. The maximum Gasteiger partial charge on any atom is 0.0602 e. The molecule has 0 radical (unpaired) electrons. The number of fused-ring (bicyclic) bond motifs is 1. The summed E-state index contributed by atoms with van der Waals surface area (Å²) in [4.78, 5) is 2.68. The maximum atomic E-state index is 9.98. The molecule has 1 aliphatic heterocycles. The van der Waals surface area contributed by atoms with Crippen LogP contribution < -0.4 is 0 Å². The van der Waals surface area contributed by atoms with E-state index in [1.165, 1.54) is 76.6 Å². The fourth-order valence-electron chi connectivity index (χ4n) is 7.34. The lowest BCUT2D eigenvalue weighted by Crippen LogP contribution is -2.36. The zero-order chi connectivity index (χ0) is 20.4. The van der Waals surface area contributed by atoms with Crippen LogP contribution in [0.1, 0.15) is 84.5 Å². The molecule has 164 valence electrons. The Bertz CT molecular complexity index is 608. The van der Waals surface area contributed by atoms with Gasteiger partial charge < -0.3 is 15.1 Å². The Morgan fingerprint density at radius 3 is 2.52 bits per heavy atom. The Morgan fingerprint density at radius 1 is 1.07 bits per heavy atom. The summed E-state index contributed by atoms with van der Waals surface area (Å²) in [6.07, 6.45) is 16.8. The molecule has 3 nitrogen and oxygen atoms in total. The quantitative estimate of drug-likeness (QED) is 0.675. The van der Waals surface area contributed by atoms with Crippen molar-refractivity contribution in [1.82, 2.24) is 4.90 Å². The first kappa shape index (κ1) is 21.6. The Labute approximate surface area is 178 Å². The molecular weight excluding hydrogens is 358 g/mol. The molecule has 1 heterocycles. The van der Waals surface area contributed by atoms with Gasteiger partial charge in [0.05, 0.1) is 12.2 Å². The fourth-order valence-corrected chi connectivity index (χ4v) is 7.34. The third-order valence-corrected chi connectivity index (χ3v) is 8.90. The van der Waals surface area contributed by atoms with Crippen molar-refractivity contribution < 1.29 is 10.2 Å². The summed E-state index contributed by atoms with van der Waals surface area (Å²) in [5, 5.41) is 20.0. The number of allylic oxidation sites excluding steroid dienone is 3. The van der Waals surface area contributed by atoms with Gasteiger partial charge in [-0.2, -0.15) is 0 Å². The van der Waals surface area contributed by atoms with Crippen LogP contribution in [0, 0.1) is 23.2 Å². The van der Waals surface area contributed by atoms with Crippen LogP contribution >= 0.6 is 0 Å². The van der Waals surface area contributed by atoms with E-state index in [2.05, 4.69) is 30.9 Å². The number of rotatable bonds is 5. The van der Waals surface area contributed by atoms with E-state index in [1.807, 2.05) is 0 Å². The van der Waals surface area contributed by atoms with Gasteiger partial charge in [0.2, 0.25) is 0 Å². The summed E-state index contributed by atoms with van der Waals surface area (Å²) in [5.41, 5.74) is 3.35. The Kier molecular flexibility index (Phi) is 6.88. The van der Waals surface area contributed by atoms with Crippen molar-refractivity contribution in [2.75, 3.05) is 19.6 Å². The number of hydrogen-bond donors (Lipinski definition) is 2. The van der Waals surface area contributed by atoms with E-state index >= 15 is 0 Å². The summed E-state index contributed by atoms with van der Waals surface area (Å²) < 4.78 is 0. The largest absolute Gasteiger partial charge is 0.393 e. The molecule has 0 aromatic rings. The molecule has 2 N–H and O–H groups in total. The van der Waals surface area contributed by atoms with Gasteiger partial charge in [-0.3, -0.25) is 0 Å². The number of nitrogens with zero attached hydrogens (tertiary/aromatic N) is 1. The first-order valence-corrected chi connectivity index (χ1v) is 12.4. The Hall–Kier alpha value is -0.640. The van der Waals surface area contributed by atoms with Gasteiger partial charge in [0.15, 0.2) is 0 Å². The average molecular weight is 402 g/mol. The number of aliphatic hydroxyl groups is 2. The maximum absolute atomic E-state index is 9.98. The van der Waals surface area contributed by atoms with Crippen molar-refractivity contribution in [3.8, 4) is 0 Å². The van der Waals surface area contributed by atoms with Gasteiger partial charge in [-0.15, -0.1) is 0 Å². The smallest absolute Gasteiger partial charge is 0.0602 e. The van der Waals surface area contributed by atoms with Gasteiger partial charge in [-0.25, -0.2) is 0 Å². The first-order valence-electron chi connectivity index (χ1n) is 12.4. The molecule has 1 saturated heterocycles. The summed E-state index contributed by atoms with van der Waals surface area (Å²) in [5.74, 6) is 2.43. The SMILES string of the molecule is C[C@H](CCN1CCCC1)[C@H]1CC[C@H]2/C(=C/C=C3C[C@@H](O)C[C@H](O)C3)CCC[C@]12C. The molecule has 0 aromatic carbocycles. The van der Waals surface area contributed by atoms with Gasteiger partial charge in [-0.1, -0.05) is 37.1 Å². The van der Waals surface area contributed by atoms with Gasteiger partial charge in [0.25, 0.3) is 0 Å². The third-order valence-electron chi connectivity index (χ3n) is 8.90. The van der Waals surface area contributed by atoms with Crippen molar-refractivity contribution >= 4 is 0 Å². The van der Waals surface area contributed by atoms with E-state index < -0.39 is 0 Å². The first-order chi connectivity index (χ1) is 14.0. The highest BCUT2D eigenvalue weighted by Gasteiger charge is 2.50. The molecule has 0 bridgehead atoms. The molecule has 29 heavy (non-hydrogen) atoms. The predicted molar refractivity (Wildman–Crippen MR) is 120 cm³/mol. The molecule has 0 amide bonds. The lowest BCUT2D eigenvalue weighted by Gasteiger charge is -2.44. The topological polar surface area (TPSA) is 43.7 Å². The second-order valence-corrected chi connectivity index (χ2v) is 10.9. The standard InChI is InChI=1S/C26H43NO2/c1-19(11-15-27-13-3-4-14-27)24-9-10-25-21(6-5-12-26(24,25)2)8-7-20-16-22(28)18-23(29)17-20/h7-8,19,22-25,28-29H,3-6,9-18H2,1-2H3/b21-8+/t19-,22-,23-,24-,25+,26-/m1/s1. The molecular formula is C26H43NO2. The second-order valence-electron chi connectivity index (χ2n) is 10.9. The van der Waals surface area contributed by atoms with Crippen molar-refractivity contribution in [3.05, 3.63) is 23.3 Å². The monoisotopic (exact) mass is 401 g/mol. The van der Waals surface area contributed by atoms with Crippen molar-refractivity contribution in [1.29, 1.82) is 0 Å². The molecule has 6 atom stereocenters. The van der Waals surface area contributed by atoms with E-state index in [-0.39, 0.29) is 12.2 Å². The highest BCUT2D eigenvalue weighted by Crippen LogP contribution is 2.59. The van der Waals surface area contributed by atoms with Crippen LogP contribution in [-0.2, 0) is 0 Å². The van der Waals surface area contributed by atoms with Crippen molar-refractivity contribution in [2.24, 2.45) is 23.2 Å². The summed E-state index contributed by atoms with van der Waals surface area (Å²) in [6.45, 7) is 9.07. The number of aliphatic hydroxyl groups excluding tert-OH is 2. The number of hydrogen-bond acceptors (Lipinski definition) is 3. The van der Waals surface area contributed by atoms with Gasteiger partial charge in [0, 0.05) is 0 Å². The van der Waals surface area contributed by atoms with E-state index in [1.54, 1.807) is 5.57 Å². The third kappa shape index (κ3) is 4.83. The average Bonchev–Trinajstić information content (AvgIpc) is 3.31. The predicted octanol–water partition coefficient (Wildman–Crippen LogP) is 5.08. The molecule has 0 aromatic heterocycles. The lowest BCUT2D eigenvalue weighted by molar-refractivity contribution is 0.0609. The van der Waals surface area contributed by atoms with Crippen LogP contribution in [0.15, 0.2) is 23.3 Å². The van der Waals surface area contributed by atoms with Gasteiger partial charge >= 0.3 is 0 Å². The fraction of sp³-hybridized carbons (Fsp3) is 0.846. The Balaban J connectivity index is 1.41. The summed E-state index contributed by atoms with van der Waals surface area (Å²) in [7, 11) is 0. The normalized spacial score (nSPS) is 41.0. The summed E-state index contributed by atoms with van der Waals surface area (Å²) in [6, 6.07) is 0. The van der Waals surface area contributed by atoms with Crippen LogP contribution in [0.4, 0.5) is 0 Å². The molecule has 3 heteroatoms. The van der Waals surface area contributed by atoms with Gasteiger partial charge in [0.1, 0.15) is 0 Å². The minimum atomic E-state index is -0.368. The van der Waals surface area contributed by atoms with E-state index in [0.29, 0.717) is 11.8 Å². The molecule has 4 rings (SSSR count). The molecule has 0 unspecified atom stereocenters. The van der Waals surface area contributed by atoms with Crippen LogP contribution in [0.3, 0.4) is 0 Å². The minimum absolute atomic E-state index is 0.368. The van der Waals surface area contributed by atoms with Crippen LogP contribution in [0.5, 0.6) is 0 Å². The van der Waals surface area contributed by atoms with E-state index in [9.17, 15) is 10.2 Å².